The van der Waals surface area contributed by atoms with Crippen LogP contribution in [-0.4, -0.2) is 36.8 Å². The first-order chi connectivity index (χ1) is 31.2. The minimum absolute atomic E-state index is 0.0538. The van der Waals surface area contributed by atoms with Gasteiger partial charge in [0.1, 0.15) is 22.2 Å². The Morgan fingerprint density at radius 2 is 1.08 bits per heavy atom. The Morgan fingerprint density at radius 1 is 0.476 bits per heavy atom. The van der Waals surface area contributed by atoms with Gasteiger partial charge in [-0.15, -0.1) is 0 Å². The lowest BCUT2D eigenvalue weighted by molar-refractivity contribution is 0.669. The van der Waals surface area contributed by atoms with Crippen molar-refractivity contribution in [2.75, 3.05) is 4.90 Å². The maximum absolute atomic E-state index is 6.21. The van der Waals surface area contributed by atoms with E-state index in [4.69, 9.17) is 14.4 Å². The van der Waals surface area contributed by atoms with E-state index in [-0.39, 0.29) is 12.0 Å². The molecule has 0 fully saturated rings. The normalized spacial score (nSPS) is 15.5. The summed E-state index contributed by atoms with van der Waals surface area (Å²) in [5, 5.41) is 2.22. The van der Waals surface area contributed by atoms with Gasteiger partial charge in [-0.25, -0.2) is 9.97 Å². The second kappa shape index (κ2) is 14.0. The summed E-state index contributed by atoms with van der Waals surface area (Å²) in [6, 6.07) is 55.1. The van der Waals surface area contributed by atoms with Gasteiger partial charge >= 0.3 is 0 Å². The molecule has 2 unspecified atom stereocenters. The largest absolute Gasteiger partial charge is 0.456 e. The Hall–Kier alpha value is -8.49. The number of hydrogen-bond donors (Lipinski definition) is 0. The molecule has 0 aliphatic carbocycles. The number of benzene rings is 5. The molecule has 8 heteroatoms. The van der Waals surface area contributed by atoms with Crippen molar-refractivity contribution in [1.29, 1.82) is 0 Å². The number of furan rings is 1. The quantitative estimate of drug-likeness (QED) is 0.166. The van der Waals surface area contributed by atoms with E-state index in [9.17, 15) is 0 Å². The summed E-state index contributed by atoms with van der Waals surface area (Å²) >= 11 is 0. The molecule has 6 aromatic heterocycles. The van der Waals surface area contributed by atoms with Gasteiger partial charge in [-0.05, 0) is 102 Å². The number of fused-ring (bicyclic) bond motifs is 9. The highest BCUT2D eigenvalue weighted by molar-refractivity contribution is 6.08. The summed E-state index contributed by atoms with van der Waals surface area (Å²) < 4.78 is 8.51. The summed E-state index contributed by atoms with van der Waals surface area (Å²) in [7, 11) is 0. The van der Waals surface area contributed by atoms with Gasteiger partial charge in [0.2, 0.25) is 0 Å². The van der Waals surface area contributed by atoms with E-state index in [1.54, 1.807) is 0 Å². The van der Waals surface area contributed by atoms with Gasteiger partial charge < -0.3 is 13.9 Å². The summed E-state index contributed by atoms with van der Waals surface area (Å²) in [5.74, 6) is 0.0538. The molecule has 2 atom stereocenters. The fourth-order valence-electron chi connectivity index (χ4n) is 9.58. The third kappa shape index (κ3) is 5.72. The first-order valence-corrected chi connectivity index (χ1v) is 21.1. The summed E-state index contributed by atoms with van der Waals surface area (Å²) in [6.45, 7) is 0. The molecule has 8 nitrogen and oxygen atoms in total. The van der Waals surface area contributed by atoms with Crippen LogP contribution in [-0.2, 0) is 0 Å². The van der Waals surface area contributed by atoms with Crippen LogP contribution in [0.15, 0.2) is 204 Å². The predicted octanol–water partition coefficient (Wildman–Crippen LogP) is 13.1. The number of rotatable bonds is 6. The van der Waals surface area contributed by atoms with Gasteiger partial charge in [-0.2, -0.15) is 0 Å². The van der Waals surface area contributed by atoms with Crippen LogP contribution in [0.4, 0.5) is 11.4 Å². The average Bonchev–Trinajstić information content (AvgIpc) is 4.01. The predicted molar refractivity (Wildman–Crippen MR) is 254 cm³/mol. The molecule has 0 radical (unpaired) electrons. The molecule has 0 amide bonds. The third-order valence-corrected chi connectivity index (χ3v) is 12.5. The number of aliphatic imine (C=N–C) groups is 1. The number of pyridine rings is 4. The average molecular weight is 810 g/mol. The van der Waals surface area contributed by atoms with Crippen LogP contribution in [0.2, 0.25) is 0 Å². The molecule has 0 spiro atoms. The molecule has 0 N–H and O–H groups in total. The second-order valence-electron chi connectivity index (χ2n) is 16.2. The Morgan fingerprint density at radius 3 is 1.76 bits per heavy atom. The Bertz CT molecular complexity index is 3520. The first-order valence-electron chi connectivity index (χ1n) is 21.1. The highest BCUT2D eigenvalue weighted by atomic mass is 16.3. The molecule has 2 aliphatic heterocycles. The first kappa shape index (κ1) is 35.3. The van der Waals surface area contributed by atoms with Crippen LogP contribution in [0.1, 0.15) is 11.5 Å². The lowest BCUT2D eigenvalue weighted by atomic mass is 9.94. The number of hydrogen-bond acceptors (Lipinski definition) is 7. The Labute approximate surface area is 361 Å². The summed E-state index contributed by atoms with van der Waals surface area (Å²) in [4.78, 5) is 27.2. The third-order valence-electron chi connectivity index (χ3n) is 12.5. The topological polar surface area (TPSA) is 85.2 Å². The van der Waals surface area contributed by atoms with Gasteiger partial charge in [0, 0.05) is 93.2 Å². The van der Waals surface area contributed by atoms with Crippen LogP contribution in [0.3, 0.4) is 0 Å². The van der Waals surface area contributed by atoms with E-state index in [0.29, 0.717) is 0 Å². The van der Waals surface area contributed by atoms with E-state index in [0.717, 1.165) is 106 Å². The fraction of sp³-hybridized carbons (Fsp3) is 0.0364. The molecule has 296 valence electrons. The van der Waals surface area contributed by atoms with Crippen molar-refractivity contribution >= 4 is 61.6 Å². The number of nitrogens with zero attached hydrogens (tertiary/aromatic N) is 7. The van der Waals surface area contributed by atoms with E-state index in [1.165, 1.54) is 5.56 Å². The van der Waals surface area contributed by atoms with Crippen LogP contribution < -0.4 is 4.90 Å². The van der Waals surface area contributed by atoms with Crippen molar-refractivity contribution in [2.24, 2.45) is 4.99 Å². The van der Waals surface area contributed by atoms with Crippen LogP contribution in [0.25, 0.3) is 94.5 Å². The highest BCUT2D eigenvalue weighted by Crippen LogP contribution is 2.48. The van der Waals surface area contributed by atoms with Gasteiger partial charge in [0.15, 0.2) is 0 Å². The highest BCUT2D eigenvalue weighted by Gasteiger charge is 2.38. The van der Waals surface area contributed by atoms with Gasteiger partial charge in [-0.3, -0.25) is 15.0 Å². The van der Waals surface area contributed by atoms with E-state index in [1.807, 2.05) is 79.5 Å². The Kier molecular flexibility index (Phi) is 7.86. The maximum Gasteiger partial charge on any atom is 0.135 e. The lowest BCUT2D eigenvalue weighted by Gasteiger charge is -2.28. The van der Waals surface area contributed by atoms with E-state index >= 15 is 0 Å². The van der Waals surface area contributed by atoms with Crippen LogP contribution >= 0.6 is 0 Å². The molecule has 0 saturated carbocycles. The van der Waals surface area contributed by atoms with Crippen molar-refractivity contribution in [3.8, 4) is 50.5 Å². The molecular weight excluding hydrogens is 775 g/mol. The molecular formula is C55H35N7O. The smallest absolute Gasteiger partial charge is 0.135 e. The van der Waals surface area contributed by atoms with E-state index < -0.39 is 0 Å². The zero-order valence-corrected chi connectivity index (χ0v) is 33.7. The lowest BCUT2D eigenvalue weighted by Crippen LogP contribution is -2.29. The Balaban J connectivity index is 0.977. The fourth-order valence-corrected chi connectivity index (χ4v) is 9.58. The minimum Gasteiger partial charge on any atom is -0.456 e. The van der Waals surface area contributed by atoms with Gasteiger partial charge in [0.05, 0.1) is 28.5 Å². The van der Waals surface area contributed by atoms with Gasteiger partial charge in [-0.1, -0.05) is 78.9 Å². The molecule has 0 bridgehead atoms. The molecule has 0 saturated heterocycles. The SMILES string of the molecule is C1=CC2C(C=N1)c1cc(-n3c4ccc(-c5cncc(-c6ccccc6)c5)nc4c4nc(-c5cncc(-c6ccccc6)c5)ccc43)ccc1N2c1ccc2oc3ccccc3c2c1. The molecule has 13 rings (SSSR count). The van der Waals surface area contributed by atoms with Crippen LogP contribution in [0, 0.1) is 0 Å². The second-order valence-corrected chi connectivity index (χ2v) is 16.2. The maximum atomic E-state index is 6.21. The van der Waals surface area contributed by atoms with Crippen molar-refractivity contribution in [3.63, 3.8) is 0 Å². The van der Waals surface area contributed by atoms with E-state index in [2.05, 4.69) is 146 Å². The molecule has 63 heavy (non-hydrogen) atoms. The molecule has 11 aromatic rings. The molecule has 5 aromatic carbocycles. The monoisotopic (exact) mass is 809 g/mol. The van der Waals surface area contributed by atoms with Crippen LogP contribution in [0.5, 0.6) is 0 Å². The van der Waals surface area contributed by atoms with Crippen molar-refractivity contribution in [2.45, 2.75) is 12.0 Å². The standard InChI is InChI=1S/C55H35N7O/c1-3-9-34(10-4-1)36-25-38(31-57-29-36)46-17-20-50-54(59-46)55-51(21-18-47(60-55)39-26-37(30-58-32-39)35-11-5-2-6-12-35)62(50)40-15-19-48-43(27-40)45-33-56-24-23-49(45)61(48)41-16-22-53-44(28-41)42-13-7-8-14-52(42)63-53/h1-33,45,49H. The van der Waals surface area contributed by atoms with Crippen molar-refractivity contribution in [3.05, 3.63) is 200 Å². The zero-order chi connectivity index (χ0) is 41.4. The van der Waals surface area contributed by atoms with Gasteiger partial charge in [0.25, 0.3) is 0 Å². The van der Waals surface area contributed by atoms with Crippen molar-refractivity contribution < 1.29 is 4.42 Å². The molecule has 8 heterocycles. The van der Waals surface area contributed by atoms with Crippen molar-refractivity contribution in [1.82, 2.24) is 24.5 Å². The zero-order valence-electron chi connectivity index (χ0n) is 33.7. The summed E-state index contributed by atoms with van der Waals surface area (Å²) in [6.07, 6.45) is 13.8. The number of aromatic nitrogens is 5. The number of anilines is 2. The number of para-hydroxylation sites is 1. The molecule has 2 aliphatic rings. The minimum atomic E-state index is 0.0538. The summed E-state index contributed by atoms with van der Waals surface area (Å²) in [5.41, 5.74) is 17.6.